The lowest BCUT2D eigenvalue weighted by atomic mass is 10.2. The fourth-order valence-corrected chi connectivity index (χ4v) is 3.15. The topological polar surface area (TPSA) is 75.6 Å². The molecule has 0 unspecified atom stereocenters. The molecule has 4 heterocycles. The molecule has 2 aromatic heterocycles. The van der Waals surface area contributed by atoms with Crippen LogP contribution in [0.15, 0.2) is 24.4 Å². The number of ether oxygens (including phenoxy) is 2. The average molecular weight is 410 g/mol. The summed E-state index contributed by atoms with van der Waals surface area (Å²) in [5.41, 5.74) is -0.772. The van der Waals surface area contributed by atoms with Gasteiger partial charge in [0.05, 0.1) is 32.0 Å². The molecule has 2 aliphatic rings. The van der Waals surface area contributed by atoms with Gasteiger partial charge < -0.3 is 24.6 Å². The van der Waals surface area contributed by atoms with E-state index in [0.29, 0.717) is 70.2 Å². The minimum Gasteiger partial charge on any atom is -0.378 e. The molecule has 0 aliphatic carbocycles. The molecule has 29 heavy (non-hydrogen) atoms. The number of nitrogens with zero attached hydrogens (tertiary/aromatic N) is 5. The Balaban J connectivity index is 1.64. The predicted molar refractivity (Wildman–Crippen MR) is 101 cm³/mol. The van der Waals surface area contributed by atoms with Crippen molar-refractivity contribution in [2.45, 2.75) is 6.18 Å². The highest BCUT2D eigenvalue weighted by Gasteiger charge is 2.30. The molecule has 0 aromatic carbocycles. The number of rotatable bonds is 4. The van der Waals surface area contributed by atoms with Crippen LogP contribution in [0.25, 0.3) is 0 Å². The molecule has 1 N–H and O–H groups in total. The van der Waals surface area contributed by atoms with Crippen molar-refractivity contribution in [1.82, 2.24) is 15.0 Å². The highest BCUT2D eigenvalue weighted by Crippen LogP contribution is 2.31. The highest BCUT2D eigenvalue weighted by atomic mass is 19.4. The fourth-order valence-electron chi connectivity index (χ4n) is 3.15. The van der Waals surface area contributed by atoms with E-state index in [1.807, 2.05) is 4.90 Å². The number of pyridine rings is 1. The molecule has 2 saturated heterocycles. The van der Waals surface area contributed by atoms with Gasteiger partial charge in [0.25, 0.3) is 0 Å². The summed E-state index contributed by atoms with van der Waals surface area (Å²) >= 11 is 0. The van der Waals surface area contributed by atoms with Crippen LogP contribution in [0.1, 0.15) is 5.56 Å². The van der Waals surface area contributed by atoms with Crippen molar-refractivity contribution in [1.29, 1.82) is 0 Å². The third-order valence-corrected chi connectivity index (χ3v) is 4.67. The maximum absolute atomic E-state index is 13.0. The zero-order valence-corrected chi connectivity index (χ0v) is 15.7. The van der Waals surface area contributed by atoms with Crippen LogP contribution in [0.4, 0.5) is 36.6 Å². The molecule has 0 amide bonds. The molecule has 2 fully saturated rings. The Hall–Kier alpha value is -2.66. The van der Waals surface area contributed by atoms with Gasteiger partial charge in [0, 0.05) is 38.4 Å². The Kier molecular flexibility index (Phi) is 5.67. The fraction of sp³-hybridized carbons (Fsp3) is 0.500. The van der Waals surface area contributed by atoms with Gasteiger partial charge in [-0.1, -0.05) is 0 Å². The summed E-state index contributed by atoms with van der Waals surface area (Å²) in [5, 5.41) is 2.90. The molecule has 0 radical (unpaired) electrons. The Bertz CT molecular complexity index is 802. The quantitative estimate of drug-likeness (QED) is 0.823. The van der Waals surface area contributed by atoms with Gasteiger partial charge in [-0.05, 0) is 12.1 Å². The second-order valence-electron chi connectivity index (χ2n) is 6.66. The lowest BCUT2D eigenvalue weighted by Crippen LogP contribution is -2.39. The number of anilines is 4. The van der Waals surface area contributed by atoms with Crippen molar-refractivity contribution >= 4 is 23.4 Å². The van der Waals surface area contributed by atoms with Gasteiger partial charge >= 0.3 is 6.18 Å². The molecule has 0 spiro atoms. The summed E-state index contributed by atoms with van der Waals surface area (Å²) < 4.78 is 49.8. The third-order valence-electron chi connectivity index (χ3n) is 4.67. The monoisotopic (exact) mass is 410 g/mol. The van der Waals surface area contributed by atoms with E-state index in [4.69, 9.17) is 9.47 Å². The van der Waals surface area contributed by atoms with Crippen LogP contribution in [-0.4, -0.2) is 67.6 Å². The number of aromatic nitrogens is 3. The second kappa shape index (κ2) is 8.37. The standard InChI is InChI=1S/C18H21F3N6O2/c19-18(20,21)13-1-2-22-14(11-13)23-15-12-16(26-3-7-28-8-4-26)25-17(24-15)27-5-9-29-10-6-27/h1-2,11-12H,3-10H2,(H,22,23,24,25). The maximum atomic E-state index is 13.0. The number of nitrogens with one attached hydrogen (secondary N) is 1. The zero-order chi connectivity index (χ0) is 20.3. The second-order valence-corrected chi connectivity index (χ2v) is 6.66. The third kappa shape index (κ3) is 4.85. The molecule has 0 atom stereocenters. The number of halogens is 3. The average Bonchev–Trinajstić information content (AvgIpc) is 2.74. The molecule has 156 valence electrons. The van der Waals surface area contributed by atoms with Crippen molar-refractivity contribution in [3.8, 4) is 0 Å². The number of hydrogen-bond donors (Lipinski definition) is 1. The summed E-state index contributed by atoms with van der Waals surface area (Å²) in [7, 11) is 0. The van der Waals surface area contributed by atoms with Crippen molar-refractivity contribution in [3.05, 3.63) is 30.0 Å². The van der Waals surface area contributed by atoms with Crippen molar-refractivity contribution < 1.29 is 22.6 Å². The van der Waals surface area contributed by atoms with Crippen LogP contribution in [0.2, 0.25) is 0 Å². The highest BCUT2D eigenvalue weighted by molar-refractivity contribution is 5.60. The summed E-state index contributed by atoms with van der Waals surface area (Å²) in [6.07, 6.45) is -3.32. The lowest BCUT2D eigenvalue weighted by molar-refractivity contribution is -0.137. The van der Waals surface area contributed by atoms with E-state index in [9.17, 15) is 13.2 Å². The maximum Gasteiger partial charge on any atom is 0.416 e. The molecule has 2 aliphatic heterocycles. The van der Waals surface area contributed by atoms with Gasteiger partial charge in [-0.15, -0.1) is 0 Å². The smallest absolute Gasteiger partial charge is 0.378 e. The van der Waals surface area contributed by atoms with E-state index in [1.165, 1.54) is 0 Å². The largest absolute Gasteiger partial charge is 0.416 e. The van der Waals surface area contributed by atoms with Crippen molar-refractivity contribution in [2.75, 3.05) is 67.7 Å². The molecular formula is C18H21F3N6O2. The van der Waals surface area contributed by atoms with Gasteiger partial charge in [-0.2, -0.15) is 23.1 Å². The molecule has 4 rings (SSSR count). The van der Waals surface area contributed by atoms with Crippen LogP contribution in [0, 0.1) is 0 Å². The summed E-state index contributed by atoms with van der Waals surface area (Å²) in [4.78, 5) is 17.2. The molecule has 2 aromatic rings. The minimum atomic E-state index is -4.44. The van der Waals surface area contributed by atoms with Gasteiger partial charge in [-0.3, -0.25) is 0 Å². The molecule has 11 heteroatoms. The molecular weight excluding hydrogens is 389 g/mol. The Morgan fingerprint density at radius 1 is 0.862 bits per heavy atom. The van der Waals surface area contributed by atoms with Gasteiger partial charge in [-0.25, -0.2) is 4.98 Å². The van der Waals surface area contributed by atoms with E-state index in [1.54, 1.807) is 6.07 Å². The summed E-state index contributed by atoms with van der Waals surface area (Å²) in [6, 6.07) is 3.62. The SMILES string of the molecule is FC(F)(F)c1ccnc(Nc2cc(N3CCOCC3)nc(N3CCOCC3)n2)c1. The van der Waals surface area contributed by atoms with E-state index in [0.717, 1.165) is 18.3 Å². The normalized spacial score (nSPS) is 18.0. The predicted octanol–water partition coefficient (Wildman–Crippen LogP) is 2.31. The first-order valence-corrected chi connectivity index (χ1v) is 9.34. The van der Waals surface area contributed by atoms with Crippen molar-refractivity contribution in [3.63, 3.8) is 0 Å². The summed E-state index contributed by atoms with van der Waals surface area (Å²) in [5.74, 6) is 1.65. The van der Waals surface area contributed by atoms with Gasteiger partial charge in [0.2, 0.25) is 5.95 Å². The Morgan fingerprint density at radius 2 is 1.52 bits per heavy atom. The van der Waals surface area contributed by atoms with Gasteiger partial charge in [0.1, 0.15) is 17.5 Å². The number of hydrogen-bond acceptors (Lipinski definition) is 8. The summed E-state index contributed by atoms with van der Waals surface area (Å²) in [6.45, 7) is 4.99. The number of alkyl halides is 3. The van der Waals surface area contributed by atoms with Gasteiger partial charge in [0.15, 0.2) is 0 Å². The lowest BCUT2D eigenvalue weighted by Gasteiger charge is -2.31. The van der Waals surface area contributed by atoms with Crippen LogP contribution in [-0.2, 0) is 15.7 Å². The first kappa shape index (κ1) is 19.6. The molecule has 0 bridgehead atoms. The van der Waals surface area contributed by atoms with Crippen LogP contribution >= 0.6 is 0 Å². The zero-order valence-electron chi connectivity index (χ0n) is 15.7. The number of morpholine rings is 2. The Morgan fingerprint density at radius 3 is 2.17 bits per heavy atom. The molecule has 8 nitrogen and oxygen atoms in total. The van der Waals surface area contributed by atoms with E-state index >= 15 is 0 Å². The van der Waals surface area contributed by atoms with Crippen LogP contribution < -0.4 is 15.1 Å². The van der Waals surface area contributed by atoms with E-state index in [-0.39, 0.29) is 5.82 Å². The van der Waals surface area contributed by atoms with E-state index < -0.39 is 11.7 Å². The van der Waals surface area contributed by atoms with Crippen molar-refractivity contribution in [2.24, 2.45) is 0 Å². The van der Waals surface area contributed by atoms with Crippen LogP contribution in [0.5, 0.6) is 0 Å². The first-order valence-electron chi connectivity index (χ1n) is 9.34. The molecule has 0 saturated carbocycles. The van der Waals surface area contributed by atoms with Crippen LogP contribution in [0.3, 0.4) is 0 Å². The first-order chi connectivity index (χ1) is 14.0. The van der Waals surface area contributed by atoms with E-state index in [2.05, 4.69) is 25.2 Å². The Labute approximate surface area is 165 Å². The minimum absolute atomic E-state index is 0.0689.